The van der Waals surface area contributed by atoms with Gasteiger partial charge in [-0.15, -0.1) is 0 Å². The van der Waals surface area contributed by atoms with Crippen LogP contribution in [0, 0.1) is 11.8 Å². The predicted molar refractivity (Wildman–Crippen MR) is 80.6 cm³/mol. The topological polar surface area (TPSA) is 41.6 Å². The molecule has 4 nitrogen and oxygen atoms in total. The quantitative estimate of drug-likeness (QED) is 0.787. The van der Waals surface area contributed by atoms with Gasteiger partial charge in [0.2, 0.25) is 0 Å². The SMILES string of the molecule is CC1CCN([C@H]2CNC[C@H](C(=O)OC(C)(C)C)C2)CC1. The molecule has 0 saturated carbocycles. The van der Waals surface area contributed by atoms with Crippen LogP contribution in [0.1, 0.15) is 47.0 Å². The van der Waals surface area contributed by atoms with E-state index in [1.54, 1.807) is 0 Å². The zero-order valence-corrected chi connectivity index (χ0v) is 13.4. The molecule has 2 atom stereocenters. The molecule has 20 heavy (non-hydrogen) atoms. The van der Waals surface area contributed by atoms with E-state index in [4.69, 9.17) is 4.74 Å². The van der Waals surface area contributed by atoms with Crippen molar-refractivity contribution in [2.75, 3.05) is 26.2 Å². The van der Waals surface area contributed by atoms with E-state index < -0.39 is 0 Å². The Morgan fingerprint density at radius 1 is 1.20 bits per heavy atom. The van der Waals surface area contributed by atoms with E-state index in [1.165, 1.54) is 25.9 Å². The average Bonchev–Trinajstić information content (AvgIpc) is 2.38. The molecule has 2 rings (SSSR count). The fourth-order valence-electron chi connectivity index (χ4n) is 3.16. The van der Waals surface area contributed by atoms with Gasteiger partial charge in [-0.1, -0.05) is 6.92 Å². The van der Waals surface area contributed by atoms with Gasteiger partial charge >= 0.3 is 5.97 Å². The Morgan fingerprint density at radius 3 is 2.45 bits per heavy atom. The molecule has 0 aromatic heterocycles. The van der Waals surface area contributed by atoms with E-state index in [0.717, 1.165) is 25.4 Å². The van der Waals surface area contributed by atoms with Gasteiger partial charge in [0.05, 0.1) is 5.92 Å². The minimum atomic E-state index is -0.384. The van der Waals surface area contributed by atoms with Gasteiger partial charge in [-0.05, 0) is 59.0 Å². The van der Waals surface area contributed by atoms with Gasteiger partial charge in [0, 0.05) is 19.1 Å². The van der Waals surface area contributed by atoms with Crippen molar-refractivity contribution < 1.29 is 9.53 Å². The first-order valence-corrected chi connectivity index (χ1v) is 8.03. The minimum absolute atomic E-state index is 0.00678. The van der Waals surface area contributed by atoms with Crippen molar-refractivity contribution >= 4 is 5.97 Å². The van der Waals surface area contributed by atoms with Gasteiger partial charge in [-0.3, -0.25) is 9.69 Å². The van der Waals surface area contributed by atoms with Crippen LogP contribution < -0.4 is 5.32 Å². The minimum Gasteiger partial charge on any atom is -0.460 e. The Morgan fingerprint density at radius 2 is 1.85 bits per heavy atom. The lowest BCUT2D eigenvalue weighted by Gasteiger charge is -2.40. The van der Waals surface area contributed by atoms with Crippen molar-refractivity contribution in [3.63, 3.8) is 0 Å². The molecule has 0 unspecified atom stereocenters. The number of rotatable bonds is 2. The maximum Gasteiger partial charge on any atom is 0.310 e. The number of hydrogen-bond donors (Lipinski definition) is 1. The molecule has 4 heteroatoms. The fourth-order valence-corrected chi connectivity index (χ4v) is 3.16. The summed E-state index contributed by atoms with van der Waals surface area (Å²) in [6.45, 7) is 12.3. The second-order valence-corrected chi connectivity index (χ2v) is 7.50. The smallest absolute Gasteiger partial charge is 0.310 e. The summed E-state index contributed by atoms with van der Waals surface area (Å²) in [6.07, 6.45) is 3.51. The standard InChI is InChI=1S/C16H30N2O2/c1-12-5-7-18(8-6-12)14-9-13(10-17-11-14)15(19)20-16(2,3)4/h12-14,17H,5-11H2,1-4H3/t13-,14-/m1/s1. The van der Waals surface area contributed by atoms with Gasteiger partial charge in [-0.2, -0.15) is 0 Å². The summed E-state index contributed by atoms with van der Waals surface area (Å²) in [4.78, 5) is 14.8. The largest absolute Gasteiger partial charge is 0.460 e. The molecule has 0 spiro atoms. The molecular formula is C16H30N2O2. The number of likely N-dealkylation sites (tertiary alicyclic amines) is 1. The summed E-state index contributed by atoms with van der Waals surface area (Å²) >= 11 is 0. The average molecular weight is 282 g/mol. The number of carbonyl (C=O) groups is 1. The molecule has 2 heterocycles. The second kappa shape index (κ2) is 6.44. The van der Waals surface area contributed by atoms with Crippen LogP contribution in [-0.4, -0.2) is 48.7 Å². The van der Waals surface area contributed by atoms with Crippen molar-refractivity contribution in [2.45, 2.75) is 58.6 Å². The number of carbonyl (C=O) groups excluding carboxylic acids is 1. The zero-order chi connectivity index (χ0) is 14.8. The molecule has 0 radical (unpaired) electrons. The number of nitrogens with one attached hydrogen (secondary N) is 1. The third kappa shape index (κ3) is 4.45. The summed E-state index contributed by atoms with van der Waals surface area (Å²) in [5, 5.41) is 3.42. The van der Waals surface area contributed by atoms with E-state index >= 15 is 0 Å². The highest BCUT2D eigenvalue weighted by molar-refractivity contribution is 5.73. The monoisotopic (exact) mass is 282 g/mol. The third-order valence-corrected chi connectivity index (χ3v) is 4.40. The molecule has 0 aromatic carbocycles. The lowest BCUT2D eigenvalue weighted by molar-refractivity contribution is -0.161. The zero-order valence-electron chi connectivity index (χ0n) is 13.4. The summed E-state index contributed by atoms with van der Waals surface area (Å²) in [5.41, 5.74) is -0.384. The van der Waals surface area contributed by atoms with Crippen LogP contribution in [0.5, 0.6) is 0 Å². The van der Waals surface area contributed by atoms with Crippen molar-refractivity contribution in [3.8, 4) is 0 Å². The van der Waals surface area contributed by atoms with E-state index in [9.17, 15) is 4.79 Å². The summed E-state index contributed by atoms with van der Waals surface area (Å²) < 4.78 is 5.53. The van der Waals surface area contributed by atoms with Gasteiger partial charge in [-0.25, -0.2) is 0 Å². The molecule has 1 N–H and O–H groups in total. The Balaban J connectivity index is 1.86. The van der Waals surface area contributed by atoms with Gasteiger partial charge in [0.1, 0.15) is 5.60 Å². The third-order valence-electron chi connectivity index (χ3n) is 4.40. The Kier molecular flexibility index (Phi) is 5.08. The Labute approximate surface area is 123 Å². The first-order chi connectivity index (χ1) is 9.35. The van der Waals surface area contributed by atoms with Crippen LogP contribution >= 0.6 is 0 Å². The van der Waals surface area contributed by atoms with Crippen LogP contribution in [0.2, 0.25) is 0 Å². The van der Waals surface area contributed by atoms with E-state index in [2.05, 4.69) is 17.1 Å². The predicted octanol–water partition coefficient (Wildman–Crippen LogP) is 2.04. The fraction of sp³-hybridized carbons (Fsp3) is 0.938. The van der Waals surface area contributed by atoms with Crippen molar-refractivity contribution in [3.05, 3.63) is 0 Å². The van der Waals surface area contributed by atoms with E-state index in [1.807, 2.05) is 20.8 Å². The molecule has 116 valence electrons. The number of piperidine rings is 2. The lowest BCUT2D eigenvalue weighted by atomic mass is 9.91. The van der Waals surface area contributed by atoms with Crippen LogP contribution in [0.4, 0.5) is 0 Å². The van der Waals surface area contributed by atoms with Gasteiger partial charge < -0.3 is 10.1 Å². The summed E-state index contributed by atoms with van der Waals surface area (Å²) in [5.74, 6) is 0.817. The maximum atomic E-state index is 12.2. The molecule has 0 aliphatic carbocycles. The van der Waals surface area contributed by atoms with Crippen LogP contribution in [0.25, 0.3) is 0 Å². The normalized spacial score (nSPS) is 30.2. The number of esters is 1. The second-order valence-electron chi connectivity index (χ2n) is 7.50. The first-order valence-electron chi connectivity index (χ1n) is 8.03. The van der Waals surface area contributed by atoms with Crippen molar-refractivity contribution in [1.82, 2.24) is 10.2 Å². The molecule has 0 amide bonds. The maximum absolute atomic E-state index is 12.2. The van der Waals surface area contributed by atoms with Crippen molar-refractivity contribution in [2.24, 2.45) is 11.8 Å². The highest BCUT2D eigenvalue weighted by Gasteiger charge is 2.33. The molecule has 2 aliphatic rings. The molecule has 0 bridgehead atoms. The highest BCUT2D eigenvalue weighted by atomic mass is 16.6. The number of ether oxygens (including phenoxy) is 1. The lowest BCUT2D eigenvalue weighted by Crippen LogP contribution is -2.53. The van der Waals surface area contributed by atoms with Crippen LogP contribution in [0.15, 0.2) is 0 Å². The first kappa shape index (κ1) is 15.8. The summed E-state index contributed by atoms with van der Waals surface area (Å²) in [6, 6.07) is 0.494. The number of hydrogen-bond acceptors (Lipinski definition) is 4. The van der Waals surface area contributed by atoms with Gasteiger partial charge in [0.15, 0.2) is 0 Å². The molecule has 0 aromatic rings. The molecule has 2 fully saturated rings. The molecule has 2 aliphatic heterocycles. The number of nitrogens with zero attached hydrogens (tertiary/aromatic N) is 1. The van der Waals surface area contributed by atoms with Crippen LogP contribution in [0.3, 0.4) is 0 Å². The van der Waals surface area contributed by atoms with Crippen molar-refractivity contribution in [1.29, 1.82) is 0 Å². The molecular weight excluding hydrogens is 252 g/mol. The molecule has 2 saturated heterocycles. The van der Waals surface area contributed by atoms with E-state index in [-0.39, 0.29) is 17.5 Å². The van der Waals surface area contributed by atoms with E-state index in [0.29, 0.717) is 6.04 Å². The Bertz CT molecular complexity index is 330. The van der Waals surface area contributed by atoms with Gasteiger partial charge in [0.25, 0.3) is 0 Å². The Hall–Kier alpha value is -0.610. The van der Waals surface area contributed by atoms with Crippen LogP contribution in [-0.2, 0) is 9.53 Å². The summed E-state index contributed by atoms with van der Waals surface area (Å²) in [7, 11) is 0. The highest BCUT2D eigenvalue weighted by Crippen LogP contribution is 2.24.